The van der Waals surface area contributed by atoms with E-state index in [0.29, 0.717) is 18.0 Å². The van der Waals surface area contributed by atoms with E-state index in [1.54, 1.807) is 7.11 Å². The van der Waals surface area contributed by atoms with Crippen molar-refractivity contribution >= 4 is 23.5 Å². The number of nitrogens with one attached hydrogen (secondary N) is 2. The van der Waals surface area contributed by atoms with Gasteiger partial charge in [-0.1, -0.05) is 72.3 Å². The van der Waals surface area contributed by atoms with Crippen LogP contribution in [0.4, 0.5) is 0 Å². The molecule has 3 aromatic rings. The Kier molecular flexibility index (Phi) is 8.66. The van der Waals surface area contributed by atoms with Crippen LogP contribution in [0.5, 0.6) is 0 Å². The Balaban J connectivity index is 1.24. The van der Waals surface area contributed by atoms with Gasteiger partial charge in [0.1, 0.15) is 6.61 Å². The molecule has 0 radical (unpaired) electrons. The zero-order valence-electron chi connectivity index (χ0n) is 22.3. The van der Waals surface area contributed by atoms with Crippen LogP contribution in [0.15, 0.2) is 72.8 Å². The lowest BCUT2D eigenvalue weighted by Crippen LogP contribution is -2.60. The maximum atomic E-state index is 13.5. The first-order valence-electron chi connectivity index (χ1n) is 13.6. The topological polar surface area (TPSA) is 76.7 Å². The number of rotatable bonds is 10. The first kappa shape index (κ1) is 27.4. The molecule has 2 atom stereocenters. The molecule has 1 amide bonds. The average Bonchev–Trinajstić information content (AvgIpc) is 3.27. The molecule has 2 N–H and O–H groups in total. The van der Waals surface area contributed by atoms with Gasteiger partial charge >= 0.3 is 5.97 Å². The SMILES string of the molecule is COC[C@H](CC(=O)OCC1c2ccccc2-c2ccccc21)C(=O)NC1(Cc2ccc(Cl)cc2)CCCNC1. The summed E-state index contributed by atoms with van der Waals surface area (Å²) >= 11 is 6.08. The molecule has 204 valence electrons. The molecule has 1 aliphatic carbocycles. The monoisotopic (exact) mass is 546 g/mol. The van der Waals surface area contributed by atoms with Gasteiger partial charge in [0.05, 0.1) is 24.5 Å². The molecule has 3 aromatic carbocycles. The Morgan fingerprint density at radius 2 is 1.69 bits per heavy atom. The predicted octanol–water partition coefficient (Wildman–Crippen LogP) is 5.13. The van der Waals surface area contributed by atoms with Crippen molar-refractivity contribution in [2.45, 2.75) is 37.1 Å². The van der Waals surface area contributed by atoms with E-state index in [0.717, 1.165) is 36.1 Å². The Labute approximate surface area is 235 Å². The molecule has 0 aromatic heterocycles. The van der Waals surface area contributed by atoms with E-state index in [1.165, 1.54) is 11.1 Å². The van der Waals surface area contributed by atoms with E-state index in [1.807, 2.05) is 48.5 Å². The molecule has 1 aliphatic heterocycles. The van der Waals surface area contributed by atoms with Crippen molar-refractivity contribution in [2.24, 2.45) is 5.92 Å². The van der Waals surface area contributed by atoms with E-state index >= 15 is 0 Å². The van der Waals surface area contributed by atoms with Gasteiger partial charge < -0.3 is 20.1 Å². The van der Waals surface area contributed by atoms with Crippen molar-refractivity contribution in [3.63, 3.8) is 0 Å². The molecule has 1 fully saturated rings. The lowest BCUT2D eigenvalue weighted by molar-refractivity contribution is -0.148. The number of carbonyl (C=O) groups excluding carboxylic acids is 2. The summed E-state index contributed by atoms with van der Waals surface area (Å²) < 4.78 is 11.1. The van der Waals surface area contributed by atoms with Crippen molar-refractivity contribution in [2.75, 3.05) is 33.4 Å². The number of carbonyl (C=O) groups is 2. The van der Waals surface area contributed by atoms with Gasteiger partial charge in [-0.3, -0.25) is 9.59 Å². The number of benzene rings is 3. The third-order valence-corrected chi connectivity index (χ3v) is 8.09. The zero-order chi connectivity index (χ0) is 27.2. The van der Waals surface area contributed by atoms with Gasteiger partial charge in [0.25, 0.3) is 0 Å². The number of ether oxygens (including phenoxy) is 2. The summed E-state index contributed by atoms with van der Waals surface area (Å²) in [5.74, 6) is -1.26. The molecular weight excluding hydrogens is 512 g/mol. The number of halogens is 1. The van der Waals surface area contributed by atoms with Gasteiger partial charge in [-0.25, -0.2) is 0 Å². The fourth-order valence-electron chi connectivity index (χ4n) is 5.93. The molecule has 1 heterocycles. The molecule has 0 bridgehead atoms. The van der Waals surface area contributed by atoms with Crippen molar-refractivity contribution in [3.05, 3.63) is 94.5 Å². The lowest BCUT2D eigenvalue weighted by Gasteiger charge is -2.39. The quantitative estimate of drug-likeness (QED) is 0.345. The van der Waals surface area contributed by atoms with Gasteiger partial charge in [0.2, 0.25) is 5.91 Å². The summed E-state index contributed by atoms with van der Waals surface area (Å²) in [6.07, 6.45) is 2.43. The van der Waals surface area contributed by atoms with Crippen LogP contribution in [0.2, 0.25) is 5.02 Å². The Morgan fingerprint density at radius 3 is 2.31 bits per heavy atom. The van der Waals surface area contributed by atoms with Gasteiger partial charge in [0, 0.05) is 24.6 Å². The molecule has 1 saturated heterocycles. The number of esters is 1. The van der Waals surface area contributed by atoms with Gasteiger partial charge in [-0.15, -0.1) is 0 Å². The van der Waals surface area contributed by atoms with E-state index < -0.39 is 17.4 Å². The number of methoxy groups -OCH3 is 1. The highest BCUT2D eigenvalue weighted by Crippen LogP contribution is 2.44. The molecule has 39 heavy (non-hydrogen) atoms. The highest BCUT2D eigenvalue weighted by molar-refractivity contribution is 6.30. The number of hydrogen-bond donors (Lipinski definition) is 2. The maximum absolute atomic E-state index is 13.5. The first-order chi connectivity index (χ1) is 19.0. The highest BCUT2D eigenvalue weighted by Gasteiger charge is 2.37. The van der Waals surface area contributed by atoms with Crippen molar-refractivity contribution in [1.82, 2.24) is 10.6 Å². The Bertz CT molecular complexity index is 1260. The highest BCUT2D eigenvalue weighted by atomic mass is 35.5. The van der Waals surface area contributed by atoms with Crippen LogP contribution in [0.1, 0.15) is 41.9 Å². The summed E-state index contributed by atoms with van der Waals surface area (Å²) in [4.78, 5) is 26.6. The van der Waals surface area contributed by atoms with E-state index in [4.69, 9.17) is 21.1 Å². The third kappa shape index (κ3) is 6.35. The van der Waals surface area contributed by atoms with E-state index in [-0.39, 0.29) is 31.5 Å². The van der Waals surface area contributed by atoms with Crippen LogP contribution in [-0.4, -0.2) is 50.8 Å². The Hall–Kier alpha value is -3.19. The van der Waals surface area contributed by atoms with Crippen LogP contribution in [0, 0.1) is 5.92 Å². The van der Waals surface area contributed by atoms with Gasteiger partial charge in [-0.05, 0) is 65.8 Å². The largest absolute Gasteiger partial charge is 0.465 e. The van der Waals surface area contributed by atoms with Crippen LogP contribution in [0.3, 0.4) is 0 Å². The average molecular weight is 547 g/mol. The fraction of sp³-hybridized carbons (Fsp3) is 0.375. The molecule has 0 saturated carbocycles. The van der Waals surface area contributed by atoms with Gasteiger partial charge in [-0.2, -0.15) is 0 Å². The summed E-state index contributed by atoms with van der Waals surface area (Å²) in [6.45, 7) is 1.95. The molecule has 2 aliphatic rings. The maximum Gasteiger partial charge on any atom is 0.306 e. The molecule has 7 heteroatoms. The van der Waals surface area contributed by atoms with E-state index in [9.17, 15) is 9.59 Å². The normalized spacial score (nSPS) is 19.1. The number of fused-ring (bicyclic) bond motifs is 3. The second kappa shape index (κ2) is 12.3. The molecular formula is C32H35ClN2O4. The number of amides is 1. The Morgan fingerprint density at radius 1 is 1.03 bits per heavy atom. The van der Waals surface area contributed by atoms with Crippen LogP contribution >= 0.6 is 11.6 Å². The molecule has 1 unspecified atom stereocenters. The minimum atomic E-state index is -0.644. The van der Waals surface area contributed by atoms with Gasteiger partial charge in [0.15, 0.2) is 0 Å². The summed E-state index contributed by atoms with van der Waals surface area (Å²) in [5, 5.41) is 7.40. The van der Waals surface area contributed by atoms with E-state index in [2.05, 4.69) is 34.9 Å². The standard InChI is InChI=1S/C32H35ClN2O4/c1-38-19-23(31(37)35-32(15-6-16-34-21-32)18-22-11-13-24(33)14-12-22)17-30(36)39-20-29-27-9-4-2-7-25(27)26-8-3-5-10-28(26)29/h2-5,7-14,23,29,34H,6,15-21H2,1H3,(H,35,37)/t23-,32?/m0/s1. The zero-order valence-corrected chi connectivity index (χ0v) is 23.0. The van der Waals surface area contributed by atoms with Crippen molar-refractivity contribution < 1.29 is 19.1 Å². The number of piperidine rings is 1. The smallest absolute Gasteiger partial charge is 0.306 e. The predicted molar refractivity (Wildman–Crippen MR) is 153 cm³/mol. The van der Waals surface area contributed by atoms with Crippen molar-refractivity contribution in [3.8, 4) is 11.1 Å². The molecule has 5 rings (SSSR count). The second-order valence-electron chi connectivity index (χ2n) is 10.6. The lowest BCUT2D eigenvalue weighted by atomic mass is 9.83. The molecule has 6 nitrogen and oxygen atoms in total. The fourth-order valence-corrected chi connectivity index (χ4v) is 6.06. The number of hydrogen-bond acceptors (Lipinski definition) is 5. The molecule has 0 spiro atoms. The summed E-state index contributed by atoms with van der Waals surface area (Å²) in [5.41, 5.74) is 5.33. The summed E-state index contributed by atoms with van der Waals surface area (Å²) in [7, 11) is 1.55. The van der Waals surface area contributed by atoms with Crippen molar-refractivity contribution in [1.29, 1.82) is 0 Å². The van der Waals surface area contributed by atoms with Crippen LogP contribution < -0.4 is 10.6 Å². The minimum Gasteiger partial charge on any atom is -0.465 e. The second-order valence-corrected chi connectivity index (χ2v) is 11.1. The van der Waals surface area contributed by atoms with Crippen LogP contribution in [0.25, 0.3) is 11.1 Å². The third-order valence-electron chi connectivity index (χ3n) is 7.84. The van der Waals surface area contributed by atoms with Crippen LogP contribution in [-0.2, 0) is 25.5 Å². The minimum absolute atomic E-state index is 0.0213. The summed E-state index contributed by atoms with van der Waals surface area (Å²) in [6, 6.07) is 24.2. The first-order valence-corrected chi connectivity index (χ1v) is 14.0.